The minimum Gasteiger partial charge on any atom is -0.497 e. The highest BCUT2D eigenvalue weighted by Gasteiger charge is 2.17. The molecule has 0 aliphatic rings. The van der Waals surface area contributed by atoms with E-state index in [1.165, 1.54) is 11.3 Å². The van der Waals surface area contributed by atoms with E-state index in [-0.39, 0.29) is 0 Å². The molecule has 1 aromatic carbocycles. The number of amides is 1. The first-order valence-corrected chi connectivity index (χ1v) is 8.98. The monoisotopic (exact) mass is 386 g/mol. The Morgan fingerprint density at radius 3 is 2.59 bits per heavy atom. The molecule has 3 aromatic rings. The molecular formula is C19H18N2O5S. The van der Waals surface area contributed by atoms with Gasteiger partial charge in [-0.1, -0.05) is 0 Å². The van der Waals surface area contributed by atoms with Crippen LogP contribution in [-0.2, 0) is 9.53 Å². The number of carbonyl (C=O) groups is 2. The van der Waals surface area contributed by atoms with E-state index in [1.807, 2.05) is 29.6 Å². The Kier molecular flexibility index (Phi) is 5.56. The molecule has 8 heteroatoms. The van der Waals surface area contributed by atoms with Crippen molar-refractivity contribution in [3.8, 4) is 17.0 Å². The van der Waals surface area contributed by atoms with E-state index in [4.69, 9.17) is 13.9 Å². The van der Waals surface area contributed by atoms with Gasteiger partial charge < -0.3 is 13.9 Å². The van der Waals surface area contributed by atoms with Crippen LogP contribution in [0.1, 0.15) is 21.9 Å². The van der Waals surface area contributed by atoms with Crippen molar-refractivity contribution in [2.24, 2.45) is 0 Å². The van der Waals surface area contributed by atoms with Gasteiger partial charge in [-0.3, -0.25) is 10.1 Å². The average Bonchev–Trinajstić information content (AvgIpc) is 3.25. The van der Waals surface area contributed by atoms with Gasteiger partial charge in [0, 0.05) is 10.9 Å². The van der Waals surface area contributed by atoms with Crippen LogP contribution in [0.15, 0.2) is 40.1 Å². The zero-order valence-corrected chi connectivity index (χ0v) is 15.9. The molecule has 0 aliphatic heterocycles. The first kappa shape index (κ1) is 18.7. The number of thiazole rings is 1. The number of methoxy groups -OCH3 is 1. The maximum absolute atomic E-state index is 12.0. The summed E-state index contributed by atoms with van der Waals surface area (Å²) < 4.78 is 15.4. The largest absolute Gasteiger partial charge is 0.497 e. The van der Waals surface area contributed by atoms with Gasteiger partial charge in [0.05, 0.1) is 12.8 Å². The van der Waals surface area contributed by atoms with Crippen LogP contribution in [0.5, 0.6) is 5.75 Å². The van der Waals surface area contributed by atoms with Crippen LogP contribution in [0, 0.1) is 13.8 Å². The van der Waals surface area contributed by atoms with Gasteiger partial charge in [-0.15, -0.1) is 11.3 Å². The zero-order valence-electron chi connectivity index (χ0n) is 15.1. The normalized spacial score (nSPS) is 10.5. The second kappa shape index (κ2) is 8.05. The summed E-state index contributed by atoms with van der Waals surface area (Å²) in [5.74, 6) is 0.765. The van der Waals surface area contributed by atoms with Crippen LogP contribution in [0.2, 0.25) is 0 Å². The third-order valence-electron chi connectivity index (χ3n) is 3.73. The Labute approximate surface area is 159 Å². The number of esters is 1. The van der Waals surface area contributed by atoms with Crippen molar-refractivity contribution in [1.82, 2.24) is 4.98 Å². The number of ether oxygens (including phenoxy) is 2. The molecule has 1 amide bonds. The number of nitrogens with zero attached hydrogens (tertiary/aromatic N) is 1. The molecule has 2 heterocycles. The van der Waals surface area contributed by atoms with Gasteiger partial charge in [0.2, 0.25) is 0 Å². The van der Waals surface area contributed by atoms with Crippen molar-refractivity contribution in [3.63, 3.8) is 0 Å². The molecule has 0 atom stereocenters. The highest BCUT2D eigenvalue weighted by molar-refractivity contribution is 7.14. The molecule has 27 heavy (non-hydrogen) atoms. The molecule has 0 radical (unpaired) electrons. The maximum Gasteiger partial charge on any atom is 0.342 e. The topological polar surface area (TPSA) is 90.7 Å². The lowest BCUT2D eigenvalue weighted by atomic mass is 10.2. The van der Waals surface area contributed by atoms with Gasteiger partial charge in [-0.05, 0) is 44.2 Å². The van der Waals surface area contributed by atoms with E-state index in [0.717, 1.165) is 17.0 Å². The van der Waals surface area contributed by atoms with Gasteiger partial charge in [-0.2, -0.15) is 0 Å². The third-order valence-corrected chi connectivity index (χ3v) is 4.49. The van der Waals surface area contributed by atoms with Gasteiger partial charge in [0.15, 0.2) is 11.7 Å². The van der Waals surface area contributed by atoms with Crippen molar-refractivity contribution in [2.75, 3.05) is 19.0 Å². The van der Waals surface area contributed by atoms with E-state index < -0.39 is 18.5 Å². The summed E-state index contributed by atoms with van der Waals surface area (Å²) >= 11 is 1.29. The van der Waals surface area contributed by atoms with Crippen LogP contribution >= 0.6 is 11.3 Å². The lowest BCUT2D eigenvalue weighted by molar-refractivity contribution is -0.119. The third kappa shape index (κ3) is 4.53. The highest BCUT2D eigenvalue weighted by atomic mass is 32.1. The Morgan fingerprint density at radius 2 is 1.96 bits per heavy atom. The lowest BCUT2D eigenvalue weighted by Gasteiger charge is -2.04. The van der Waals surface area contributed by atoms with Crippen molar-refractivity contribution >= 4 is 28.3 Å². The SMILES string of the molecule is COc1ccc(-c2csc(NC(=O)COC(=O)c3cc(C)oc3C)n2)cc1. The Balaban J connectivity index is 1.56. The summed E-state index contributed by atoms with van der Waals surface area (Å²) in [4.78, 5) is 28.4. The number of hydrogen-bond acceptors (Lipinski definition) is 7. The number of benzene rings is 1. The number of aromatic nitrogens is 1. The molecule has 3 rings (SSSR count). The Morgan fingerprint density at radius 1 is 1.22 bits per heavy atom. The average molecular weight is 386 g/mol. The number of rotatable bonds is 6. The molecule has 0 unspecified atom stereocenters. The summed E-state index contributed by atoms with van der Waals surface area (Å²) in [7, 11) is 1.60. The molecule has 2 aromatic heterocycles. The van der Waals surface area contributed by atoms with E-state index >= 15 is 0 Å². The molecule has 0 aliphatic carbocycles. The predicted molar refractivity (Wildman–Crippen MR) is 101 cm³/mol. The molecule has 0 spiro atoms. The summed E-state index contributed by atoms with van der Waals surface area (Å²) in [6, 6.07) is 9.03. The standard InChI is InChI=1S/C19H18N2O5S/c1-11-8-15(12(2)26-11)18(23)25-9-17(22)21-19-20-16(10-27-19)13-4-6-14(24-3)7-5-13/h4-8,10H,9H2,1-3H3,(H,20,21,22). The van der Waals surface area contributed by atoms with Crippen LogP contribution in [0.4, 0.5) is 5.13 Å². The van der Waals surface area contributed by atoms with Crippen molar-refractivity contribution in [2.45, 2.75) is 13.8 Å². The molecule has 140 valence electrons. The van der Waals surface area contributed by atoms with E-state index in [9.17, 15) is 9.59 Å². The number of hydrogen-bond donors (Lipinski definition) is 1. The summed E-state index contributed by atoms with van der Waals surface area (Å²) in [5.41, 5.74) is 1.96. The first-order chi connectivity index (χ1) is 13.0. The van der Waals surface area contributed by atoms with Crippen LogP contribution in [0.25, 0.3) is 11.3 Å². The minimum absolute atomic E-state index is 0.316. The minimum atomic E-state index is -0.599. The Hall–Kier alpha value is -3.13. The Bertz CT molecular complexity index is 959. The number of furan rings is 1. The first-order valence-electron chi connectivity index (χ1n) is 8.10. The molecule has 0 saturated carbocycles. The lowest BCUT2D eigenvalue weighted by Crippen LogP contribution is -2.20. The van der Waals surface area contributed by atoms with Crippen molar-refractivity contribution in [3.05, 3.63) is 52.8 Å². The molecule has 0 bridgehead atoms. The van der Waals surface area contributed by atoms with Crippen LogP contribution in [-0.4, -0.2) is 30.6 Å². The van der Waals surface area contributed by atoms with Crippen molar-refractivity contribution in [1.29, 1.82) is 0 Å². The van der Waals surface area contributed by atoms with Gasteiger partial charge in [-0.25, -0.2) is 9.78 Å². The second-order valence-corrected chi connectivity index (χ2v) is 6.58. The number of aryl methyl sites for hydroxylation is 2. The molecule has 1 N–H and O–H groups in total. The molecule has 7 nitrogen and oxygen atoms in total. The van der Waals surface area contributed by atoms with Gasteiger partial charge in [0.1, 0.15) is 22.8 Å². The maximum atomic E-state index is 12.0. The fraction of sp³-hybridized carbons (Fsp3) is 0.211. The van der Waals surface area contributed by atoms with Crippen LogP contribution < -0.4 is 10.1 Å². The van der Waals surface area contributed by atoms with E-state index in [2.05, 4.69) is 10.3 Å². The summed E-state index contributed by atoms with van der Waals surface area (Å²) in [6.45, 7) is 3.00. The predicted octanol–water partition coefficient (Wildman–Crippen LogP) is 3.82. The number of carbonyl (C=O) groups excluding carboxylic acids is 2. The summed E-state index contributed by atoms with van der Waals surface area (Å²) in [6.07, 6.45) is 0. The fourth-order valence-electron chi connectivity index (χ4n) is 2.42. The fourth-order valence-corrected chi connectivity index (χ4v) is 3.16. The second-order valence-electron chi connectivity index (χ2n) is 5.72. The van der Waals surface area contributed by atoms with E-state index in [1.54, 1.807) is 27.0 Å². The summed E-state index contributed by atoms with van der Waals surface area (Å²) in [5, 5.41) is 4.89. The molecule has 0 saturated heterocycles. The number of nitrogens with one attached hydrogen (secondary N) is 1. The molecular weight excluding hydrogens is 368 g/mol. The van der Waals surface area contributed by atoms with E-state index in [0.29, 0.717) is 22.2 Å². The van der Waals surface area contributed by atoms with Gasteiger partial charge in [0.25, 0.3) is 5.91 Å². The van der Waals surface area contributed by atoms with Crippen molar-refractivity contribution < 1.29 is 23.5 Å². The highest BCUT2D eigenvalue weighted by Crippen LogP contribution is 2.26. The van der Waals surface area contributed by atoms with Crippen LogP contribution in [0.3, 0.4) is 0 Å². The smallest absolute Gasteiger partial charge is 0.342 e. The molecule has 0 fully saturated rings. The zero-order chi connectivity index (χ0) is 19.4. The number of anilines is 1. The quantitative estimate of drug-likeness (QED) is 0.648. The van der Waals surface area contributed by atoms with Gasteiger partial charge >= 0.3 is 5.97 Å².